The Morgan fingerprint density at radius 1 is 1.42 bits per heavy atom. The Balaban J connectivity index is 1.84. The van der Waals surface area contributed by atoms with Gasteiger partial charge in [-0.15, -0.1) is 11.8 Å². The van der Waals surface area contributed by atoms with Crippen LogP contribution in [0.2, 0.25) is 0 Å². The number of rotatable bonds is 2. The van der Waals surface area contributed by atoms with E-state index in [1.807, 2.05) is 0 Å². The Morgan fingerprint density at radius 3 is 3.00 bits per heavy atom. The van der Waals surface area contributed by atoms with Gasteiger partial charge in [-0.3, -0.25) is 4.79 Å². The van der Waals surface area contributed by atoms with Crippen molar-refractivity contribution in [1.29, 1.82) is 0 Å². The second-order valence-electron chi connectivity index (χ2n) is 6.90. The number of thioether (sulfide) groups is 1. The van der Waals surface area contributed by atoms with Crippen LogP contribution in [0.1, 0.15) is 52.4 Å². The van der Waals surface area contributed by atoms with Crippen LogP contribution < -0.4 is 0 Å². The quantitative estimate of drug-likeness (QED) is 0.779. The summed E-state index contributed by atoms with van der Waals surface area (Å²) in [6, 6.07) is 0. The fourth-order valence-corrected chi connectivity index (χ4v) is 6.55. The van der Waals surface area contributed by atoms with E-state index in [2.05, 4.69) is 18.7 Å². The van der Waals surface area contributed by atoms with Crippen LogP contribution >= 0.6 is 11.8 Å². The molecule has 1 spiro atoms. The van der Waals surface area contributed by atoms with E-state index in [-0.39, 0.29) is 17.0 Å². The summed E-state index contributed by atoms with van der Waals surface area (Å²) in [6.07, 6.45) is 7.09. The zero-order chi connectivity index (χ0) is 13.3. The van der Waals surface area contributed by atoms with E-state index in [1.54, 1.807) is 11.8 Å². The highest BCUT2D eigenvalue weighted by atomic mass is 32.2. The van der Waals surface area contributed by atoms with Gasteiger partial charge in [0.25, 0.3) is 5.91 Å². The second-order valence-corrected chi connectivity index (χ2v) is 8.42. The monoisotopic (exact) mass is 281 g/mol. The first kappa shape index (κ1) is 12.5. The molecule has 1 amide bonds. The molecular formula is C15H23NO2S. The Hall–Kier alpha value is -0.220. The molecule has 106 valence electrons. The van der Waals surface area contributed by atoms with Crippen molar-refractivity contribution in [3.8, 4) is 0 Å². The first-order valence-electron chi connectivity index (χ1n) is 7.74. The molecule has 1 aliphatic carbocycles. The number of fused-ring (bicyclic) bond motifs is 1. The summed E-state index contributed by atoms with van der Waals surface area (Å²) in [5.41, 5.74) is -0.0564. The zero-order valence-electron chi connectivity index (χ0n) is 11.9. The molecule has 0 radical (unpaired) electrons. The number of carbonyl (C=O) groups excluding carboxylic acids is 1. The predicted molar refractivity (Wildman–Crippen MR) is 75.7 cm³/mol. The Morgan fingerprint density at radius 2 is 2.21 bits per heavy atom. The molecular weight excluding hydrogens is 258 g/mol. The molecule has 0 aromatic carbocycles. The smallest absolute Gasteiger partial charge is 0.267 e. The molecule has 4 rings (SSSR count). The lowest BCUT2D eigenvalue weighted by Gasteiger charge is -2.58. The molecule has 4 aliphatic rings. The van der Waals surface area contributed by atoms with E-state index < -0.39 is 4.93 Å². The molecule has 1 saturated carbocycles. The summed E-state index contributed by atoms with van der Waals surface area (Å²) in [5, 5.41) is 0. The van der Waals surface area contributed by atoms with Crippen LogP contribution in [0.15, 0.2) is 0 Å². The minimum absolute atomic E-state index is 0.191. The highest BCUT2D eigenvalue weighted by Gasteiger charge is 2.77. The topological polar surface area (TPSA) is 29.5 Å². The highest BCUT2D eigenvalue weighted by Crippen LogP contribution is 2.69. The molecule has 0 N–H and O–H groups in total. The van der Waals surface area contributed by atoms with Crippen LogP contribution in [0.4, 0.5) is 0 Å². The van der Waals surface area contributed by atoms with Gasteiger partial charge >= 0.3 is 0 Å². The first-order chi connectivity index (χ1) is 9.08. The lowest BCUT2D eigenvalue weighted by molar-refractivity contribution is -0.221. The molecule has 4 unspecified atom stereocenters. The lowest BCUT2D eigenvalue weighted by atomic mass is 9.58. The second kappa shape index (κ2) is 3.70. The fraction of sp³-hybridized carbons (Fsp3) is 0.933. The van der Waals surface area contributed by atoms with Crippen molar-refractivity contribution in [2.45, 2.75) is 63.0 Å². The maximum atomic E-state index is 12.9. The van der Waals surface area contributed by atoms with Crippen molar-refractivity contribution in [2.24, 2.45) is 11.3 Å². The van der Waals surface area contributed by atoms with Gasteiger partial charge in [0.2, 0.25) is 0 Å². The molecule has 19 heavy (non-hydrogen) atoms. The maximum absolute atomic E-state index is 12.9. The van der Waals surface area contributed by atoms with Gasteiger partial charge in [0.15, 0.2) is 10.7 Å². The van der Waals surface area contributed by atoms with Gasteiger partial charge in [0, 0.05) is 24.3 Å². The van der Waals surface area contributed by atoms with Crippen molar-refractivity contribution in [1.82, 2.24) is 4.90 Å². The van der Waals surface area contributed by atoms with Crippen LogP contribution in [0.25, 0.3) is 0 Å². The molecule has 3 heterocycles. The van der Waals surface area contributed by atoms with Crippen LogP contribution in [0.3, 0.4) is 0 Å². The SMILES string of the molecule is CCSC12CC3CCCC4(C)CCCN(C1=O)C34O2. The number of piperidine rings is 2. The third-order valence-corrected chi connectivity index (χ3v) is 7.17. The minimum Gasteiger partial charge on any atom is -0.328 e. The summed E-state index contributed by atoms with van der Waals surface area (Å²) in [5.74, 6) is 1.81. The zero-order valence-corrected chi connectivity index (χ0v) is 12.7. The van der Waals surface area contributed by atoms with Gasteiger partial charge in [-0.25, -0.2) is 0 Å². The van der Waals surface area contributed by atoms with Crippen molar-refractivity contribution in [2.75, 3.05) is 12.3 Å². The Kier molecular flexibility index (Phi) is 2.44. The van der Waals surface area contributed by atoms with E-state index in [0.29, 0.717) is 5.92 Å². The van der Waals surface area contributed by atoms with Crippen LogP contribution in [0.5, 0.6) is 0 Å². The third-order valence-electron chi connectivity index (χ3n) is 5.99. The Bertz CT molecular complexity index is 438. The number of hydrogen-bond donors (Lipinski definition) is 0. The first-order valence-corrected chi connectivity index (χ1v) is 8.73. The third kappa shape index (κ3) is 1.24. The van der Waals surface area contributed by atoms with Crippen molar-refractivity contribution in [3.63, 3.8) is 0 Å². The number of nitrogens with zero attached hydrogens (tertiary/aromatic N) is 1. The maximum Gasteiger partial charge on any atom is 0.267 e. The highest BCUT2D eigenvalue weighted by molar-refractivity contribution is 8.01. The van der Waals surface area contributed by atoms with Crippen molar-refractivity contribution >= 4 is 17.7 Å². The van der Waals surface area contributed by atoms with E-state index in [9.17, 15) is 4.79 Å². The molecule has 4 fully saturated rings. The van der Waals surface area contributed by atoms with Gasteiger partial charge in [0.05, 0.1) is 0 Å². The molecule has 3 saturated heterocycles. The van der Waals surface area contributed by atoms with E-state index in [0.717, 1.165) is 25.1 Å². The van der Waals surface area contributed by atoms with Crippen molar-refractivity contribution in [3.05, 3.63) is 0 Å². The molecule has 3 nitrogen and oxygen atoms in total. The van der Waals surface area contributed by atoms with Gasteiger partial charge in [-0.05, 0) is 31.4 Å². The average Bonchev–Trinajstić information content (AvgIpc) is 2.82. The molecule has 0 aromatic heterocycles. The predicted octanol–water partition coefficient (Wildman–Crippen LogP) is 2.99. The minimum atomic E-state index is -0.532. The van der Waals surface area contributed by atoms with E-state index >= 15 is 0 Å². The lowest BCUT2D eigenvalue weighted by Crippen LogP contribution is -2.66. The summed E-state index contributed by atoms with van der Waals surface area (Å²) >= 11 is 1.73. The summed E-state index contributed by atoms with van der Waals surface area (Å²) in [7, 11) is 0. The number of carbonyl (C=O) groups is 1. The summed E-state index contributed by atoms with van der Waals surface area (Å²) in [4.78, 5) is 14.5. The van der Waals surface area contributed by atoms with Gasteiger partial charge < -0.3 is 9.64 Å². The summed E-state index contributed by atoms with van der Waals surface area (Å²) in [6.45, 7) is 5.42. The molecule has 4 atom stereocenters. The van der Waals surface area contributed by atoms with Gasteiger partial charge in [0.1, 0.15) is 0 Å². The largest absolute Gasteiger partial charge is 0.328 e. The molecule has 3 aliphatic heterocycles. The molecule has 0 aromatic rings. The van der Waals surface area contributed by atoms with Crippen LogP contribution in [0, 0.1) is 11.3 Å². The van der Waals surface area contributed by atoms with Crippen LogP contribution in [-0.2, 0) is 9.53 Å². The standard InChI is InChI=1S/C15H23NO2S/c1-3-19-14-10-11-6-4-7-13(2)8-5-9-16(12(14)17)15(11,13)18-14/h11H,3-10H2,1-2H3. The number of amides is 1. The summed E-state index contributed by atoms with van der Waals surface area (Å²) < 4.78 is 6.61. The molecule has 4 heteroatoms. The normalized spacial score (nSPS) is 51.6. The fourth-order valence-electron chi connectivity index (χ4n) is 5.34. The van der Waals surface area contributed by atoms with E-state index in [4.69, 9.17) is 4.74 Å². The molecule has 2 bridgehead atoms. The van der Waals surface area contributed by atoms with Crippen LogP contribution in [-0.4, -0.2) is 33.8 Å². The van der Waals surface area contributed by atoms with Gasteiger partial charge in [-0.2, -0.15) is 0 Å². The van der Waals surface area contributed by atoms with Gasteiger partial charge in [-0.1, -0.05) is 20.3 Å². The Labute approximate surface area is 119 Å². The average molecular weight is 281 g/mol. The van der Waals surface area contributed by atoms with E-state index in [1.165, 1.54) is 25.7 Å². The number of ether oxygens (including phenoxy) is 1. The van der Waals surface area contributed by atoms with Crippen molar-refractivity contribution < 1.29 is 9.53 Å². The number of hydrogen-bond acceptors (Lipinski definition) is 3.